The van der Waals surface area contributed by atoms with Crippen LogP contribution in [-0.4, -0.2) is 15.1 Å². The summed E-state index contributed by atoms with van der Waals surface area (Å²) in [5.41, 5.74) is 2.22. The zero-order chi connectivity index (χ0) is 12.4. The van der Waals surface area contributed by atoms with Gasteiger partial charge in [0.2, 0.25) is 0 Å². The molecule has 3 nitrogen and oxygen atoms in total. The summed E-state index contributed by atoms with van der Waals surface area (Å²) in [4.78, 5) is 8.08. The molecule has 88 valence electrons. The molecule has 1 atom stereocenters. The van der Waals surface area contributed by atoms with Gasteiger partial charge in [-0.1, -0.05) is 6.07 Å². The molecule has 0 aliphatic heterocycles. The number of rotatable bonds is 2. The number of aryl methyl sites for hydroxylation is 2. The van der Waals surface area contributed by atoms with E-state index >= 15 is 0 Å². The van der Waals surface area contributed by atoms with Gasteiger partial charge in [-0.15, -0.1) is 0 Å². The van der Waals surface area contributed by atoms with E-state index in [9.17, 15) is 9.50 Å². The van der Waals surface area contributed by atoms with Crippen LogP contribution in [0.2, 0.25) is 0 Å². The molecule has 0 saturated carbocycles. The summed E-state index contributed by atoms with van der Waals surface area (Å²) in [6.07, 6.45) is 2.26. The lowest BCUT2D eigenvalue weighted by atomic mass is 10.0. The maximum absolute atomic E-state index is 13.1. The molecule has 0 aliphatic rings. The van der Waals surface area contributed by atoms with Crippen LogP contribution in [-0.2, 0) is 0 Å². The van der Waals surface area contributed by atoms with Crippen LogP contribution < -0.4 is 0 Å². The van der Waals surface area contributed by atoms with Crippen molar-refractivity contribution in [1.29, 1.82) is 0 Å². The largest absolute Gasteiger partial charge is 0.380 e. The van der Waals surface area contributed by atoms with E-state index in [-0.39, 0.29) is 11.6 Å². The van der Waals surface area contributed by atoms with Crippen LogP contribution in [0.5, 0.6) is 0 Å². The van der Waals surface area contributed by atoms with E-state index in [1.807, 2.05) is 13.8 Å². The average Bonchev–Trinajstić information content (AvgIpc) is 2.32. The lowest BCUT2D eigenvalue weighted by molar-refractivity contribution is 0.208. The van der Waals surface area contributed by atoms with Crippen molar-refractivity contribution in [3.63, 3.8) is 0 Å². The summed E-state index contributed by atoms with van der Waals surface area (Å²) in [5, 5.41) is 10.1. The van der Waals surface area contributed by atoms with Crippen LogP contribution >= 0.6 is 0 Å². The minimum atomic E-state index is -0.994. The monoisotopic (exact) mass is 232 g/mol. The number of aliphatic hydroxyl groups excluding tert-OH is 1. The topological polar surface area (TPSA) is 46.0 Å². The quantitative estimate of drug-likeness (QED) is 0.864. The third-order valence-corrected chi connectivity index (χ3v) is 2.58. The zero-order valence-electron chi connectivity index (χ0n) is 9.68. The number of nitrogens with zero attached hydrogens (tertiary/aromatic N) is 2. The predicted octanol–water partition coefficient (Wildman–Crippen LogP) is 2.31. The van der Waals surface area contributed by atoms with Crippen LogP contribution in [0.3, 0.4) is 0 Å². The van der Waals surface area contributed by atoms with Crippen molar-refractivity contribution in [2.45, 2.75) is 20.0 Å². The smallest absolute Gasteiger partial charge is 0.161 e. The molecule has 1 unspecified atom stereocenters. The van der Waals surface area contributed by atoms with E-state index in [2.05, 4.69) is 9.97 Å². The minimum Gasteiger partial charge on any atom is -0.380 e. The Kier molecular flexibility index (Phi) is 3.15. The number of benzene rings is 1. The molecule has 17 heavy (non-hydrogen) atoms. The Labute approximate surface area is 99.0 Å². The summed E-state index contributed by atoms with van der Waals surface area (Å²) in [5.74, 6) is -0.0962. The predicted molar refractivity (Wildman–Crippen MR) is 62.0 cm³/mol. The first kappa shape index (κ1) is 11.7. The highest BCUT2D eigenvalue weighted by molar-refractivity contribution is 5.31. The molecular weight excluding hydrogens is 219 g/mol. The van der Waals surface area contributed by atoms with E-state index in [0.717, 1.165) is 11.1 Å². The highest BCUT2D eigenvalue weighted by Gasteiger charge is 2.16. The van der Waals surface area contributed by atoms with E-state index in [1.165, 1.54) is 12.1 Å². The van der Waals surface area contributed by atoms with Gasteiger partial charge in [-0.05, 0) is 42.7 Å². The Morgan fingerprint density at radius 1 is 1.18 bits per heavy atom. The maximum atomic E-state index is 13.1. The van der Waals surface area contributed by atoms with Gasteiger partial charge in [-0.25, -0.2) is 14.4 Å². The van der Waals surface area contributed by atoms with Gasteiger partial charge in [-0.3, -0.25) is 0 Å². The molecule has 0 radical (unpaired) electrons. The van der Waals surface area contributed by atoms with Crippen molar-refractivity contribution in [1.82, 2.24) is 9.97 Å². The molecule has 0 saturated heterocycles. The number of aliphatic hydroxyl groups is 1. The first-order valence-electron chi connectivity index (χ1n) is 5.30. The van der Waals surface area contributed by atoms with Gasteiger partial charge in [0, 0.05) is 12.4 Å². The minimum absolute atomic E-state index is 0.282. The van der Waals surface area contributed by atoms with Crippen molar-refractivity contribution in [2.75, 3.05) is 0 Å². The zero-order valence-corrected chi connectivity index (χ0v) is 9.68. The Balaban J connectivity index is 2.39. The molecule has 1 heterocycles. The normalized spacial score (nSPS) is 12.5. The van der Waals surface area contributed by atoms with Crippen molar-refractivity contribution >= 4 is 0 Å². The van der Waals surface area contributed by atoms with Gasteiger partial charge in [0.25, 0.3) is 0 Å². The molecule has 0 bridgehead atoms. The van der Waals surface area contributed by atoms with Crippen molar-refractivity contribution < 1.29 is 9.50 Å². The number of aromatic nitrogens is 2. The van der Waals surface area contributed by atoms with Gasteiger partial charge in [0.15, 0.2) is 5.82 Å². The van der Waals surface area contributed by atoms with Crippen molar-refractivity contribution in [3.8, 4) is 0 Å². The van der Waals surface area contributed by atoms with E-state index in [1.54, 1.807) is 18.5 Å². The molecule has 2 rings (SSSR count). The van der Waals surface area contributed by atoms with Crippen LogP contribution in [0, 0.1) is 19.7 Å². The van der Waals surface area contributed by atoms with E-state index in [0.29, 0.717) is 5.56 Å². The summed E-state index contributed by atoms with van der Waals surface area (Å²) in [7, 11) is 0. The standard InChI is InChI=1S/C13H13FN2O/c1-8-6-15-13(16-7-8)12(17)11-5-10(14)4-3-9(11)2/h3-7,12,17H,1-2H3. The fourth-order valence-corrected chi connectivity index (χ4v) is 1.59. The van der Waals surface area contributed by atoms with Crippen molar-refractivity contribution in [2.24, 2.45) is 0 Å². The van der Waals surface area contributed by atoms with Crippen LogP contribution in [0.1, 0.15) is 28.6 Å². The third-order valence-electron chi connectivity index (χ3n) is 2.58. The fourth-order valence-electron chi connectivity index (χ4n) is 1.59. The Morgan fingerprint density at radius 2 is 1.82 bits per heavy atom. The number of halogens is 1. The molecule has 1 aromatic carbocycles. The number of hydrogen-bond acceptors (Lipinski definition) is 3. The first-order valence-corrected chi connectivity index (χ1v) is 5.30. The Morgan fingerprint density at radius 3 is 2.47 bits per heavy atom. The maximum Gasteiger partial charge on any atom is 0.161 e. The summed E-state index contributed by atoms with van der Waals surface area (Å²) >= 11 is 0. The lowest BCUT2D eigenvalue weighted by Gasteiger charge is -2.12. The Hall–Kier alpha value is -1.81. The molecule has 1 aromatic heterocycles. The average molecular weight is 232 g/mol. The van der Waals surface area contributed by atoms with Crippen molar-refractivity contribution in [3.05, 3.63) is 58.9 Å². The Bertz CT molecular complexity index is 525. The molecule has 1 N–H and O–H groups in total. The molecule has 0 amide bonds. The first-order chi connectivity index (χ1) is 8.08. The van der Waals surface area contributed by atoms with Gasteiger partial charge < -0.3 is 5.11 Å². The van der Waals surface area contributed by atoms with Gasteiger partial charge in [-0.2, -0.15) is 0 Å². The van der Waals surface area contributed by atoms with Gasteiger partial charge in [0.1, 0.15) is 11.9 Å². The third kappa shape index (κ3) is 2.47. The summed E-state index contributed by atoms with van der Waals surface area (Å²) < 4.78 is 13.1. The second-order valence-corrected chi connectivity index (χ2v) is 4.02. The summed E-state index contributed by atoms with van der Waals surface area (Å²) in [6, 6.07) is 4.30. The number of hydrogen-bond donors (Lipinski definition) is 1. The molecular formula is C13H13FN2O. The second kappa shape index (κ2) is 4.59. The van der Waals surface area contributed by atoms with E-state index < -0.39 is 6.10 Å². The SMILES string of the molecule is Cc1cnc(C(O)c2cc(F)ccc2C)nc1. The van der Waals surface area contributed by atoms with Crippen LogP contribution in [0.25, 0.3) is 0 Å². The van der Waals surface area contributed by atoms with Crippen LogP contribution in [0.4, 0.5) is 4.39 Å². The molecule has 0 aliphatic carbocycles. The highest BCUT2D eigenvalue weighted by Crippen LogP contribution is 2.22. The van der Waals surface area contributed by atoms with E-state index in [4.69, 9.17) is 0 Å². The summed E-state index contributed by atoms with van der Waals surface area (Å²) in [6.45, 7) is 3.68. The molecule has 0 fully saturated rings. The molecule has 4 heteroatoms. The molecule has 0 spiro atoms. The lowest BCUT2D eigenvalue weighted by Crippen LogP contribution is -2.07. The van der Waals surface area contributed by atoms with Gasteiger partial charge >= 0.3 is 0 Å². The van der Waals surface area contributed by atoms with Gasteiger partial charge in [0.05, 0.1) is 0 Å². The second-order valence-electron chi connectivity index (χ2n) is 4.02. The highest BCUT2D eigenvalue weighted by atomic mass is 19.1. The fraction of sp³-hybridized carbons (Fsp3) is 0.231. The van der Waals surface area contributed by atoms with Crippen LogP contribution in [0.15, 0.2) is 30.6 Å². The molecule has 2 aromatic rings.